The van der Waals surface area contributed by atoms with Gasteiger partial charge in [-0.2, -0.15) is 10.1 Å². The van der Waals surface area contributed by atoms with Gasteiger partial charge in [0, 0.05) is 17.3 Å². The third-order valence-electron chi connectivity index (χ3n) is 4.60. The van der Waals surface area contributed by atoms with E-state index in [0.29, 0.717) is 16.4 Å². The molecule has 0 saturated heterocycles. The molecule has 0 spiro atoms. The number of carbonyl (C=O) groups is 1. The summed E-state index contributed by atoms with van der Waals surface area (Å²) < 4.78 is 33.1. The van der Waals surface area contributed by atoms with E-state index in [0.717, 1.165) is 23.3 Å². The summed E-state index contributed by atoms with van der Waals surface area (Å²) in [6, 6.07) is 10.7. The number of hydrogen-bond donors (Lipinski definition) is 2. The van der Waals surface area contributed by atoms with Crippen molar-refractivity contribution in [3.8, 4) is 22.8 Å². The van der Waals surface area contributed by atoms with E-state index in [1.807, 2.05) is 31.2 Å². The number of benzene rings is 2. The van der Waals surface area contributed by atoms with Crippen LogP contribution in [-0.4, -0.2) is 32.1 Å². The standard InChI is InChI=1S/C21H18F2N6O2S/c1-11-3-5-12(6-4-11)19-26-20(31-28-19)17-18(24)29(27-21(17)32-2)10-16(30)25-13-7-8-14(22)15(23)9-13/h3-9H,10,24H2,1-2H3,(H,25,30). The second-order valence-corrected chi connectivity index (χ2v) is 7.69. The van der Waals surface area contributed by atoms with Crippen molar-refractivity contribution < 1.29 is 18.1 Å². The van der Waals surface area contributed by atoms with E-state index >= 15 is 0 Å². The monoisotopic (exact) mass is 456 g/mol. The summed E-state index contributed by atoms with van der Waals surface area (Å²) in [5.74, 6) is -1.85. The van der Waals surface area contributed by atoms with Crippen LogP contribution in [0.1, 0.15) is 5.56 Å². The van der Waals surface area contributed by atoms with E-state index in [9.17, 15) is 13.6 Å². The Hall–Kier alpha value is -3.73. The number of carbonyl (C=O) groups excluding carboxylic acids is 1. The number of nitrogens with one attached hydrogen (secondary N) is 1. The van der Waals surface area contributed by atoms with E-state index in [1.54, 1.807) is 6.26 Å². The zero-order valence-electron chi connectivity index (χ0n) is 17.1. The Balaban J connectivity index is 1.57. The second kappa shape index (κ2) is 8.79. The topological polar surface area (TPSA) is 112 Å². The Morgan fingerprint density at radius 2 is 1.94 bits per heavy atom. The number of amides is 1. The third kappa shape index (κ3) is 4.33. The van der Waals surface area contributed by atoms with Gasteiger partial charge in [0.2, 0.25) is 11.7 Å². The molecule has 164 valence electrons. The smallest absolute Gasteiger partial charge is 0.264 e. The molecule has 1 amide bonds. The summed E-state index contributed by atoms with van der Waals surface area (Å²) in [6.07, 6.45) is 1.80. The summed E-state index contributed by atoms with van der Waals surface area (Å²) in [7, 11) is 0. The van der Waals surface area contributed by atoms with Crippen molar-refractivity contribution in [2.24, 2.45) is 0 Å². The molecule has 11 heteroatoms. The Bertz CT molecular complexity index is 1290. The molecule has 0 saturated carbocycles. The van der Waals surface area contributed by atoms with E-state index in [4.69, 9.17) is 10.3 Å². The van der Waals surface area contributed by atoms with Crippen LogP contribution in [0.15, 0.2) is 52.0 Å². The summed E-state index contributed by atoms with van der Waals surface area (Å²) >= 11 is 1.30. The normalized spacial score (nSPS) is 11.0. The van der Waals surface area contributed by atoms with Gasteiger partial charge in [-0.3, -0.25) is 4.79 Å². The number of aromatic nitrogens is 4. The van der Waals surface area contributed by atoms with Crippen LogP contribution in [0.25, 0.3) is 22.8 Å². The van der Waals surface area contributed by atoms with Gasteiger partial charge in [0.15, 0.2) is 11.6 Å². The molecular formula is C21H18F2N6O2S. The molecule has 0 aliphatic heterocycles. The fourth-order valence-electron chi connectivity index (χ4n) is 2.97. The van der Waals surface area contributed by atoms with Crippen molar-refractivity contribution in [3.05, 3.63) is 59.7 Å². The lowest BCUT2D eigenvalue weighted by Crippen LogP contribution is -2.20. The van der Waals surface area contributed by atoms with Crippen molar-refractivity contribution in [1.82, 2.24) is 19.9 Å². The molecule has 0 bridgehead atoms. The van der Waals surface area contributed by atoms with E-state index in [1.165, 1.54) is 22.5 Å². The van der Waals surface area contributed by atoms with Crippen LogP contribution in [-0.2, 0) is 11.3 Å². The molecule has 8 nitrogen and oxygen atoms in total. The van der Waals surface area contributed by atoms with Crippen LogP contribution in [0.4, 0.5) is 20.3 Å². The first-order valence-electron chi connectivity index (χ1n) is 9.42. The highest BCUT2D eigenvalue weighted by Crippen LogP contribution is 2.34. The summed E-state index contributed by atoms with van der Waals surface area (Å²) in [4.78, 5) is 16.8. The molecule has 0 atom stereocenters. The summed E-state index contributed by atoms with van der Waals surface area (Å²) in [5.41, 5.74) is 8.66. The fourth-order valence-corrected chi connectivity index (χ4v) is 3.55. The molecule has 0 unspecified atom stereocenters. The number of aryl methyl sites for hydroxylation is 1. The zero-order chi connectivity index (χ0) is 22.8. The molecule has 0 radical (unpaired) electrons. The van der Waals surface area contributed by atoms with Gasteiger partial charge < -0.3 is 15.6 Å². The number of halogens is 2. The summed E-state index contributed by atoms with van der Waals surface area (Å²) in [5, 5.41) is 11.3. The molecule has 2 aromatic carbocycles. The lowest BCUT2D eigenvalue weighted by Gasteiger charge is -2.07. The largest absolute Gasteiger partial charge is 0.383 e. The van der Waals surface area contributed by atoms with E-state index in [-0.39, 0.29) is 23.9 Å². The second-order valence-electron chi connectivity index (χ2n) is 6.89. The predicted octanol–water partition coefficient (Wildman–Crippen LogP) is 4.13. The fraction of sp³-hybridized carbons (Fsp3) is 0.143. The average molecular weight is 456 g/mol. The van der Waals surface area contributed by atoms with Crippen LogP contribution in [0.5, 0.6) is 0 Å². The maximum atomic E-state index is 13.4. The molecule has 3 N–H and O–H groups in total. The van der Waals surface area contributed by atoms with Crippen molar-refractivity contribution in [2.45, 2.75) is 18.5 Å². The van der Waals surface area contributed by atoms with Crippen molar-refractivity contribution in [2.75, 3.05) is 17.3 Å². The van der Waals surface area contributed by atoms with Crippen LogP contribution in [0.2, 0.25) is 0 Å². The third-order valence-corrected chi connectivity index (χ3v) is 5.27. The Labute approximate surface area is 185 Å². The number of nitrogen functional groups attached to an aromatic ring is 1. The first-order valence-corrected chi connectivity index (χ1v) is 10.6. The van der Waals surface area contributed by atoms with E-state index < -0.39 is 17.5 Å². The number of rotatable bonds is 6. The predicted molar refractivity (Wildman–Crippen MR) is 117 cm³/mol. The lowest BCUT2D eigenvalue weighted by atomic mass is 10.1. The quantitative estimate of drug-likeness (QED) is 0.420. The Morgan fingerprint density at radius 3 is 2.62 bits per heavy atom. The van der Waals surface area contributed by atoms with E-state index in [2.05, 4.69) is 20.6 Å². The van der Waals surface area contributed by atoms with Gasteiger partial charge in [0.25, 0.3) is 5.89 Å². The molecule has 32 heavy (non-hydrogen) atoms. The molecule has 0 aliphatic rings. The van der Waals surface area contributed by atoms with Crippen LogP contribution < -0.4 is 11.1 Å². The maximum absolute atomic E-state index is 13.4. The number of nitrogens with two attached hydrogens (primary N) is 1. The molecule has 4 aromatic rings. The number of anilines is 2. The zero-order valence-corrected chi connectivity index (χ0v) is 17.9. The van der Waals surface area contributed by atoms with Gasteiger partial charge in [-0.1, -0.05) is 35.0 Å². The van der Waals surface area contributed by atoms with Gasteiger partial charge in [0.1, 0.15) is 23.0 Å². The number of thioether (sulfide) groups is 1. The van der Waals surface area contributed by atoms with Crippen molar-refractivity contribution in [1.29, 1.82) is 0 Å². The lowest BCUT2D eigenvalue weighted by molar-refractivity contribution is -0.116. The van der Waals surface area contributed by atoms with Crippen LogP contribution in [0, 0.1) is 18.6 Å². The highest BCUT2D eigenvalue weighted by Gasteiger charge is 2.24. The average Bonchev–Trinajstić information content (AvgIpc) is 3.36. The molecule has 0 fully saturated rings. The minimum atomic E-state index is -1.06. The minimum Gasteiger partial charge on any atom is -0.383 e. The van der Waals surface area contributed by atoms with Crippen molar-refractivity contribution >= 4 is 29.2 Å². The van der Waals surface area contributed by atoms with Crippen LogP contribution >= 0.6 is 11.8 Å². The maximum Gasteiger partial charge on any atom is 0.264 e. The van der Waals surface area contributed by atoms with Gasteiger partial charge in [-0.05, 0) is 25.3 Å². The van der Waals surface area contributed by atoms with Gasteiger partial charge in [0.05, 0.1) is 0 Å². The molecule has 4 rings (SSSR count). The van der Waals surface area contributed by atoms with Gasteiger partial charge >= 0.3 is 0 Å². The van der Waals surface area contributed by atoms with Crippen LogP contribution in [0.3, 0.4) is 0 Å². The van der Waals surface area contributed by atoms with Gasteiger partial charge in [-0.15, -0.1) is 11.8 Å². The molecular weight excluding hydrogens is 438 g/mol. The first-order chi connectivity index (χ1) is 15.4. The highest BCUT2D eigenvalue weighted by atomic mass is 32.2. The SMILES string of the molecule is CSc1nn(CC(=O)Nc2ccc(F)c(F)c2)c(N)c1-c1nc(-c2ccc(C)cc2)no1. The highest BCUT2D eigenvalue weighted by molar-refractivity contribution is 7.98. The van der Waals surface area contributed by atoms with Crippen molar-refractivity contribution in [3.63, 3.8) is 0 Å². The molecule has 2 aromatic heterocycles. The minimum absolute atomic E-state index is 0.115. The molecule has 2 heterocycles. The Kier molecular flexibility index (Phi) is 5.91. The van der Waals surface area contributed by atoms with Gasteiger partial charge in [-0.25, -0.2) is 13.5 Å². The molecule has 0 aliphatic carbocycles. The Morgan fingerprint density at radius 1 is 1.19 bits per heavy atom. The number of hydrogen-bond acceptors (Lipinski definition) is 7. The summed E-state index contributed by atoms with van der Waals surface area (Å²) in [6.45, 7) is 1.73. The first kappa shape index (κ1) is 21.5. The number of nitrogens with zero attached hydrogens (tertiary/aromatic N) is 4.